The number of aliphatic hydroxyl groups is 1. The largest absolute Gasteiger partial charge is 0.392 e. The highest BCUT2D eigenvalue weighted by Crippen LogP contribution is 2.18. The van der Waals surface area contributed by atoms with Crippen molar-refractivity contribution in [3.8, 4) is 0 Å². The molecule has 1 aliphatic rings. The van der Waals surface area contributed by atoms with Gasteiger partial charge in [-0.3, -0.25) is 4.79 Å². The van der Waals surface area contributed by atoms with E-state index in [1.54, 1.807) is 6.07 Å². The highest BCUT2D eigenvalue weighted by atomic mass is 16.3. The topological polar surface area (TPSA) is 49.3 Å². The number of ketones is 1. The highest BCUT2D eigenvalue weighted by molar-refractivity contribution is 5.98. The second kappa shape index (κ2) is 5.23. The third-order valence-corrected chi connectivity index (χ3v) is 3.10. The van der Waals surface area contributed by atoms with Crippen LogP contribution in [-0.4, -0.2) is 24.0 Å². The van der Waals surface area contributed by atoms with Crippen LogP contribution in [0.2, 0.25) is 0 Å². The Morgan fingerprint density at radius 2 is 2.12 bits per heavy atom. The van der Waals surface area contributed by atoms with Gasteiger partial charge in [0.15, 0.2) is 5.78 Å². The van der Waals surface area contributed by atoms with E-state index in [4.69, 9.17) is 5.11 Å². The van der Waals surface area contributed by atoms with E-state index in [2.05, 4.69) is 5.32 Å². The zero-order chi connectivity index (χ0) is 11.4. The lowest BCUT2D eigenvalue weighted by Gasteiger charge is -2.21. The van der Waals surface area contributed by atoms with Crippen molar-refractivity contribution in [3.63, 3.8) is 0 Å². The van der Waals surface area contributed by atoms with Gasteiger partial charge in [-0.25, -0.2) is 0 Å². The number of nitrogens with one attached hydrogen (secondary N) is 1. The van der Waals surface area contributed by atoms with Gasteiger partial charge in [-0.2, -0.15) is 0 Å². The Hall–Kier alpha value is -1.19. The number of Topliss-reactive ketones (excluding diaryl/α,β-unsaturated/α-hetero) is 1. The van der Waals surface area contributed by atoms with Crippen molar-refractivity contribution in [2.24, 2.45) is 5.92 Å². The molecule has 0 atom stereocenters. The minimum absolute atomic E-state index is 0.00660. The maximum Gasteiger partial charge on any atom is 0.166 e. The van der Waals surface area contributed by atoms with Crippen LogP contribution in [0.5, 0.6) is 0 Å². The smallest absolute Gasteiger partial charge is 0.166 e. The molecule has 0 bridgehead atoms. The molecule has 0 aromatic heterocycles. The number of carbonyl (C=O) groups is 1. The number of hydrogen-bond donors (Lipinski definition) is 2. The number of rotatable bonds is 3. The Bertz CT molecular complexity index is 370. The first-order valence-electron chi connectivity index (χ1n) is 5.76. The normalized spacial score (nSPS) is 17.3. The van der Waals surface area contributed by atoms with Gasteiger partial charge in [-0.15, -0.1) is 0 Å². The Balaban J connectivity index is 2.12. The summed E-state index contributed by atoms with van der Waals surface area (Å²) >= 11 is 0. The predicted molar refractivity (Wildman–Crippen MR) is 62.3 cm³/mol. The second-order valence-corrected chi connectivity index (χ2v) is 4.25. The van der Waals surface area contributed by atoms with E-state index >= 15 is 0 Å². The molecule has 0 saturated carbocycles. The van der Waals surface area contributed by atoms with Gasteiger partial charge in [0, 0.05) is 11.5 Å². The van der Waals surface area contributed by atoms with E-state index in [0.717, 1.165) is 37.1 Å². The lowest BCUT2D eigenvalue weighted by Crippen LogP contribution is -2.31. The van der Waals surface area contributed by atoms with Crippen LogP contribution >= 0.6 is 0 Å². The summed E-state index contributed by atoms with van der Waals surface area (Å²) in [6, 6.07) is 7.30. The van der Waals surface area contributed by atoms with Crippen LogP contribution in [-0.2, 0) is 6.61 Å². The molecule has 0 aliphatic carbocycles. The van der Waals surface area contributed by atoms with Crippen molar-refractivity contribution < 1.29 is 9.90 Å². The molecule has 1 heterocycles. The minimum Gasteiger partial charge on any atom is -0.392 e. The third kappa shape index (κ3) is 2.49. The van der Waals surface area contributed by atoms with Crippen LogP contribution in [0, 0.1) is 5.92 Å². The van der Waals surface area contributed by atoms with Gasteiger partial charge in [0.25, 0.3) is 0 Å². The molecule has 3 nitrogen and oxygen atoms in total. The number of piperidine rings is 1. The van der Waals surface area contributed by atoms with Crippen molar-refractivity contribution in [2.45, 2.75) is 19.4 Å². The lowest BCUT2D eigenvalue weighted by molar-refractivity contribution is 0.0895. The fraction of sp³-hybridized carbons (Fsp3) is 0.462. The number of hydrogen-bond acceptors (Lipinski definition) is 3. The summed E-state index contributed by atoms with van der Waals surface area (Å²) in [6.07, 6.45) is 1.84. The molecule has 1 aromatic carbocycles. The fourth-order valence-corrected chi connectivity index (χ4v) is 2.14. The molecule has 1 saturated heterocycles. The number of carbonyl (C=O) groups excluding carboxylic acids is 1. The van der Waals surface area contributed by atoms with Gasteiger partial charge in [0.2, 0.25) is 0 Å². The Morgan fingerprint density at radius 1 is 1.38 bits per heavy atom. The molecule has 16 heavy (non-hydrogen) atoms. The van der Waals surface area contributed by atoms with E-state index in [9.17, 15) is 4.79 Å². The number of benzene rings is 1. The molecule has 1 aromatic rings. The molecule has 0 spiro atoms. The average Bonchev–Trinajstić information content (AvgIpc) is 2.39. The van der Waals surface area contributed by atoms with Crippen LogP contribution in [0.25, 0.3) is 0 Å². The summed E-state index contributed by atoms with van der Waals surface area (Å²) < 4.78 is 0. The molecule has 0 radical (unpaired) electrons. The fourth-order valence-electron chi connectivity index (χ4n) is 2.14. The van der Waals surface area contributed by atoms with Crippen LogP contribution < -0.4 is 5.32 Å². The summed E-state index contributed by atoms with van der Waals surface area (Å²) in [5, 5.41) is 12.3. The first-order chi connectivity index (χ1) is 7.81. The van der Waals surface area contributed by atoms with Crippen molar-refractivity contribution >= 4 is 5.78 Å². The van der Waals surface area contributed by atoms with E-state index in [1.807, 2.05) is 18.2 Å². The highest BCUT2D eigenvalue weighted by Gasteiger charge is 2.21. The van der Waals surface area contributed by atoms with Crippen molar-refractivity contribution in [2.75, 3.05) is 13.1 Å². The molecule has 0 amide bonds. The molecule has 86 valence electrons. The predicted octanol–water partition coefficient (Wildman–Crippen LogP) is 1.36. The standard InChI is InChI=1S/C13H17NO2/c15-9-10-2-1-3-12(8-10)13(16)11-4-6-14-7-5-11/h1-3,8,11,14-15H,4-7,9H2. The SMILES string of the molecule is O=C(c1cccc(CO)c1)C1CCNCC1. The molecular formula is C13H17NO2. The van der Waals surface area contributed by atoms with E-state index < -0.39 is 0 Å². The van der Waals surface area contributed by atoms with Crippen LogP contribution in [0.1, 0.15) is 28.8 Å². The summed E-state index contributed by atoms with van der Waals surface area (Å²) in [7, 11) is 0. The number of aliphatic hydroxyl groups excluding tert-OH is 1. The van der Waals surface area contributed by atoms with E-state index in [-0.39, 0.29) is 18.3 Å². The van der Waals surface area contributed by atoms with E-state index in [0.29, 0.717) is 0 Å². The Labute approximate surface area is 95.5 Å². The summed E-state index contributed by atoms with van der Waals surface area (Å²) in [5.41, 5.74) is 1.54. The first-order valence-corrected chi connectivity index (χ1v) is 5.76. The minimum atomic E-state index is -0.00660. The van der Waals surface area contributed by atoms with Crippen LogP contribution in [0.4, 0.5) is 0 Å². The van der Waals surface area contributed by atoms with Crippen LogP contribution in [0.15, 0.2) is 24.3 Å². The summed E-state index contributed by atoms with van der Waals surface area (Å²) in [5.74, 6) is 0.368. The van der Waals surface area contributed by atoms with Crippen molar-refractivity contribution in [1.29, 1.82) is 0 Å². The Morgan fingerprint density at radius 3 is 2.81 bits per heavy atom. The Kier molecular flexibility index (Phi) is 3.70. The summed E-state index contributed by atoms with van der Waals surface area (Å²) in [6.45, 7) is 1.85. The third-order valence-electron chi connectivity index (χ3n) is 3.10. The maximum absolute atomic E-state index is 12.2. The van der Waals surface area contributed by atoms with Gasteiger partial charge >= 0.3 is 0 Å². The van der Waals surface area contributed by atoms with Crippen LogP contribution in [0.3, 0.4) is 0 Å². The quantitative estimate of drug-likeness (QED) is 0.755. The molecule has 2 N–H and O–H groups in total. The first kappa shape index (κ1) is 11.3. The second-order valence-electron chi connectivity index (χ2n) is 4.25. The molecule has 2 rings (SSSR count). The summed E-state index contributed by atoms with van der Waals surface area (Å²) in [4.78, 5) is 12.2. The van der Waals surface area contributed by atoms with Gasteiger partial charge in [-0.05, 0) is 37.6 Å². The lowest BCUT2D eigenvalue weighted by atomic mass is 9.89. The monoisotopic (exact) mass is 219 g/mol. The molecule has 0 unspecified atom stereocenters. The van der Waals surface area contributed by atoms with Crippen molar-refractivity contribution in [3.05, 3.63) is 35.4 Å². The van der Waals surface area contributed by atoms with Gasteiger partial charge in [0.05, 0.1) is 6.61 Å². The zero-order valence-electron chi connectivity index (χ0n) is 9.28. The van der Waals surface area contributed by atoms with E-state index in [1.165, 1.54) is 0 Å². The average molecular weight is 219 g/mol. The van der Waals surface area contributed by atoms with Crippen molar-refractivity contribution in [1.82, 2.24) is 5.32 Å². The molecular weight excluding hydrogens is 202 g/mol. The van der Waals surface area contributed by atoms with Gasteiger partial charge in [-0.1, -0.05) is 18.2 Å². The molecule has 1 fully saturated rings. The van der Waals surface area contributed by atoms with Gasteiger partial charge < -0.3 is 10.4 Å². The van der Waals surface area contributed by atoms with Gasteiger partial charge in [0.1, 0.15) is 0 Å². The maximum atomic E-state index is 12.2. The molecule has 1 aliphatic heterocycles. The zero-order valence-corrected chi connectivity index (χ0v) is 9.28. The molecule has 3 heteroatoms.